The molecule has 0 aliphatic heterocycles. The maximum Gasteiger partial charge on any atom is 0.331 e. The van der Waals surface area contributed by atoms with Crippen LogP contribution in [0.2, 0.25) is 0 Å². The molecule has 0 spiro atoms. The number of carbonyl (C=O) groups excluding carboxylic acids is 2. The summed E-state index contributed by atoms with van der Waals surface area (Å²) in [6, 6.07) is 0. The van der Waals surface area contributed by atoms with E-state index >= 15 is 0 Å². The Kier molecular flexibility index (Phi) is 4.74. The van der Waals surface area contributed by atoms with Crippen molar-refractivity contribution in [3.63, 3.8) is 0 Å². The first-order valence-corrected chi connectivity index (χ1v) is 12.2. The number of oxime groups is 1. The molecule has 0 N–H and O–H groups in total. The Balaban J connectivity index is 1.40. The van der Waals surface area contributed by atoms with Gasteiger partial charge in [0.15, 0.2) is 0 Å². The van der Waals surface area contributed by atoms with Crippen molar-refractivity contribution in [1.82, 2.24) is 0 Å². The number of rotatable bonds is 3. The highest BCUT2D eigenvalue weighted by molar-refractivity contribution is 5.92. The SMILES string of the molecule is CC(=O)ON=C(C)[C@]12C[C@H]1C[C@@H]1[C@H]3CC=C4C[C@@H](OC(C)=O)CC[C@]4(C)[C@@H]3CC[C@]12C. The minimum atomic E-state index is -0.335. The molecule has 0 bridgehead atoms. The molecule has 0 amide bonds. The number of ether oxygens (including phenoxy) is 1. The van der Waals surface area contributed by atoms with Crippen LogP contribution in [0.4, 0.5) is 0 Å². The van der Waals surface area contributed by atoms with Crippen molar-refractivity contribution in [3.05, 3.63) is 11.6 Å². The van der Waals surface area contributed by atoms with Gasteiger partial charge in [0.2, 0.25) is 0 Å². The van der Waals surface area contributed by atoms with Crippen molar-refractivity contribution in [2.45, 2.75) is 92.1 Å². The lowest BCUT2D eigenvalue weighted by atomic mass is 9.46. The molecule has 0 saturated heterocycles. The summed E-state index contributed by atoms with van der Waals surface area (Å²) < 4.78 is 5.58. The molecular weight excluding hydrogens is 390 g/mol. The Labute approximate surface area is 186 Å². The summed E-state index contributed by atoms with van der Waals surface area (Å²) in [5.41, 5.74) is 3.22. The van der Waals surface area contributed by atoms with Gasteiger partial charge in [0.1, 0.15) is 6.10 Å². The van der Waals surface area contributed by atoms with Crippen LogP contribution in [0.3, 0.4) is 0 Å². The Bertz CT molecular complexity index is 877. The molecule has 5 aliphatic carbocycles. The first-order valence-electron chi connectivity index (χ1n) is 12.2. The van der Waals surface area contributed by atoms with Gasteiger partial charge in [0, 0.05) is 25.7 Å². The minimum Gasteiger partial charge on any atom is -0.462 e. The van der Waals surface area contributed by atoms with Crippen molar-refractivity contribution in [3.8, 4) is 0 Å². The quantitative estimate of drug-likeness (QED) is 0.198. The maximum atomic E-state index is 11.5. The molecule has 5 nitrogen and oxygen atoms in total. The van der Waals surface area contributed by atoms with E-state index < -0.39 is 0 Å². The van der Waals surface area contributed by atoms with Gasteiger partial charge in [0.25, 0.3) is 0 Å². The maximum absolute atomic E-state index is 11.5. The monoisotopic (exact) mass is 427 g/mol. The second kappa shape index (κ2) is 6.92. The van der Waals surface area contributed by atoms with Crippen LogP contribution in [0.15, 0.2) is 16.8 Å². The van der Waals surface area contributed by atoms with Gasteiger partial charge in [-0.15, -0.1) is 0 Å². The summed E-state index contributed by atoms with van der Waals surface area (Å²) in [7, 11) is 0. The van der Waals surface area contributed by atoms with Crippen molar-refractivity contribution in [2.24, 2.45) is 45.1 Å². The second-order valence-corrected chi connectivity index (χ2v) is 11.6. The first kappa shape index (κ1) is 21.2. The van der Waals surface area contributed by atoms with Crippen LogP contribution >= 0.6 is 0 Å². The molecule has 4 saturated carbocycles. The molecule has 0 aromatic carbocycles. The molecule has 0 unspecified atom stereocenters. The Morgan fingerprint density at radius 2 is 1.84 bits per heavy atom. The van der Waals surface area contributed by atoms with Gasteiger partial charge in [0.05, 0.1) is 5.71 Å². The summed E-state index contributed by atoms with van der Waals surface area (Å²) in [6.07, 6.45) is 11.8. The average molecular weight is 428 g/mol. The molecule has 0 heterocycles. The molecule has 31 heavy (non-hydrogen) atoms. The van der Waals surface area contributed by atoms with E-state index in [9.17, 15) is 9.59 Å². The van der Waals surface area contributed by atoms with E-state index in [1.807, 2.05) is 0 Å². The first-order chi connectivity index (χ1) is 14.6. The van der Waals surface area contributed by atoms with Gasteiger partial charge in [-0.05, 0) is 86.4 Å². The summed E-state index contributed by atoms with van der Waals surface area (Å²) in [4.78, 5) is 27.9. The van der Waals surface area contributed by atoms with Crippen LogP contribution in [0, 0.1) is 39.9 Å². The van der Waals surface area contributed by atoms with Gasteiger partial charge in [-0.1, -0.05) is 30.7 Å². The van der Waals surface area contributed by atoms with Crippen LogP contribution in [0.5, 0.6) is 0 Å². The summed E-state index contributed by atoms with van der Waals surface area (Å²) >= 11 is 0. The van der Waals surface area contributed by atoms with E-state index in [2.05, 4.69) is 32.0 Å². The molecular formula is C26H37NO4. The molecule has 170 valence electrons. The zero-order chi connectivity index (χ0) is 22.2. The van der Waals surface area contributed by atoms with Crippen LogP contribution in [-0.4, -0.2) is 23.8 Å². The number of fused-ring (bicyclic) bond motifs is 7. The fourth-order valence-electron chi connectivity index (χ4n) is 8.96. The average Bonchev–Trinajstić information content (AvgIpc) is 3.38. The van der Waals surface area contributed by atoms with E-state index in [0.29, 0.717) is 11.8 Å². The lowest BCUT2D eigenvalue weighted by Crippen LogP contribution is -2.52. The fraction of sp³-hybridized carbons (Fsp3) is 0.808. The van der Waals surface area contributed by atoms with Crippen LogP contribution < -0.4 is 0 Å². The lowest BCUT2D eigenvalue weighted by Gasteiger charge is -2.59. The zero-order valence-corrected chi connectivity index (χ0v) is 19.7. The van der Waals surface area contributed by atoms with Gasteiger partial charge in [-0.25, -0.2) is 4.79 Å². The molecule has 5 rings (SSSR count). The molecule has 5 aliphatic rings. The van der Waals surface area contributed by atoms with E-state index in [1.165, 1.54) is 39.5 Å². The highest BCUT2D eigenvalue weighted by atomic mass is 16.7. The van der Waals surface area contributed by atoms with Gasteiger partial charge in [-0.3, -0.25) is 4.79 Å². The van der Waals surface area contributed by atoms with Crippen molar-refractivity contribution in [2.75, 3.05) is 0 Å². The van der Waals surface area contributed by atoms with Gasteiger partial charge < -0.3 is 9.57 Å². The minimum absolute atomic E-state index is 0.0600. The summed E-state index contributed by atoms with van der Waals surface area (Å²) in [5, 5.41) is 4.28. The predicted molar refractivity (Wildman–Crippen MR) is 118 cm³/mol. The largest absolute Gasteiger partial charge is 0.462 e. The summed E-state index contributed by atoms with van der Waals surface area (Å²) in [5.74, 6) is 2.37. The second-order valence-electron chi connectivity index (χ2n) is 11.6. The smallest absolute Gasteiger partial charge is 0.331 e. The third-order valence-electron chi connectivity index (χ3n) is 10.4. The summed E-state index contributed by atoms with van der Waals surface area (Å²) in [6.45, 7) is 10.0. The topological polar surface area (TPSA) is 65.0 Å². The normalized spacial score (nSPS) is 47.8. The van der Waals surface area contributed by atoms with E-state index in [0.717, 1.165) is 43.2 Å². The van der Waals surface area contributed by atoms with Gasteiger partial charge >= 0.3 is 11.9 Å². The zero-order valence-electron chi connectivity index (χ0n) is 19.7. The standard InChI is InChI=1S/C26H37NO4/c1-15(27-31-17(3)29)26-14-19(26)13-23-21-7-6-18-12-20(30-16(2)28)8-10-24(18,4)22(21)9-11-25(23,26)5/h6,19-23H,7-14H2,1-5H3/t19-,20+,21+,22-,23-,24+,25-,26-/m1/s1. The van der Waals surface area contributed by atoms with Crippen LogP contribution in [-0.2, 0) is 19.2 Å². The third-order valence-corrected chi connectivity index (χ3v) is 10.4. The highest BCUT2D eigenvalue weighted by Crippen LogP contribution is 2.80. The predicted octanol–water partition coefficient (Wildman–Crippen LogP) is 5.44. The van der Waals surface area contributed by atoms with Crippen LogP contribution in [0.1, 0.15) is 86.0 Å². The number of carbonyl (C=O) groups is 2. The Morgan fingerprint density at radius 3 is 2.55 bits per heavy atom. The van der Waals surface area contributed by atoms with E-state index in [-0.39, 0.29) is 34.3 Å². The number of allylic oxidation sites excluding steroid dienone is 1. The number of hydrogen-bond donors (Lipinski definition) is 0. The molecule has 0 aromatic heterocycles. The number of nitrogens with zero attached hydrogens (tertiary/aromatic N) is 1. The lowest BCUT2D eigenvalue weighted by molar-refractivity contribution is -0.148. The fourth-order valence-corrected chi connectivity index (χ4v) is 8.96. The van der Waals surface area contributed by atoms with Crippen molar-refractivity contribution in [1.29, 1.82) is 0 Å². The molecule has 0 aromatic rings. The Morgan fingerprint density at radius 1 is 1.06 bits per heavy atom. The highest BCUT2D eigenvalue weighted by Gasteiger charge is 2.76. The molecule has 8 atom stereocenters. The van der Waals surface area contributed by atoms with Crippen molar-refractivity contribution < 1.29 is 19.2 Å². The van der Waals surface area contributed by atoms with Crippen molar-refractivity contribution >= 4 is 17.7 Å². The number of hydrogen-bond acceptors (Lipinski definition) is 5. The molecule has 4 fully saturated rings. The number of esters is 1. The Hall–Kier alpha value is -1.65. The third kappa shape index (κ3) is 2.90. The molecule has 5 heteroatoms. The van der Waals surface area contributed by atoms with Crippen LogP contribution in [0.25, 0.3) is 0 Å². The van der Waals surface area contributed by atoms with Gasteiger partial charge in [-0.2, -0.15) is 0 Å². The van der Waals surface area contributed by atoms with E-state index in [4.69, 9.17) is 9.57 Å². The van der Waals surface area contributed by atoms with E-state index in [1.54, 1.807) is 5.57 Å². The molecule has 0 radical (unpaired) electrons.